The molecule has 0 N–H and O–H groups in total. The van der Waals surface area contributed by atoms with Gasteiger partial charge >= 0.3 is 0 Å². The fourth-order valence-electron chi connectivity index (χ4n) is 1.51. The van der Waals surface area contributed by atoms with Crippen LogP contribution >= 0.6 is 11.3 Å². The van der Waals surface area contributed by atoms with Crippen LogP contribution in [0.1, 0.15) is 11.1 Å². The molecule has 0 amide bonds. The van der Waals surface area contributed by atoms with E-state index in [0.717, 1.165) is 22.3 Å². The molecular weight excluding hydrogens is 195 g/mol. The van der Waals surface area contributed by atoms with E-state index in [1.54, 1.807) is 17.4 Å². The van der Waals surface area contributed by atoms with Gasteiger partial charge in [0.1, 0.15) is 5.82 Å². The Balaban J connectivity index is 2.58. The maximum Gasteiger partial charge on any atom is 0.123 e. The quantitative estimate of drug-likeness (QED) is 0.660. The molecule has 1 heterocycles. The van der Waals surface area contributed by atoms with Crippen LogP contribution in [0.15, 0.2) is 23.6 Å². The van der Waals surface area contributed by atoms with E-state index >= 15 is 0 Å². The van der Waals surface area contributed by atoms with Crippen LogP contribution in [0.3, 0.4) is 0 Å². The summed E-state index contributed by atoms with van der Waals surface area (Å²) < 4.78 is 12.9. The van der Waals surface area contributed by atoms with Crippen LogP contribution in [-0.2, 0) is 0 Å². The summed E-state index contributed by atoms with van der Waals surface area (Å²) in [5, 5.41) is 5.21. The zero-order chi connectivity index (χ0) is 10.1. The van der Waals surface area contributed by atoms with Gasteiger partial charge in [0.2, 0.25) is 0 Å². The monoisotopic (exact) mass is 205 g/mol. The Morgan fingerprint density at radius 1 is 1.21 bits per heavy atom. The van der Waals surface area contributed by atoms with Crippen molar-refractivity contribution in [3.8, 4) is 11.1 Å². The Labute approximate surface area is 87.0 Å². The van der Waals surface area contributed by atoms with Crippen LogP contribution in [0.4, 0.5) is 4.39 Å². The summed E-state index contributed by atoms with van der Waals surface area (Å²) in [4.78, 5) is 0. The van der Waals surface area contributed by atoms with Crippen molar-refractivity contribution in [3.63, 3.8) is 0 Å². The minimum absolute atomic E-state index is 0.178. The van der Waals surface area contributed by atoms with Gasteiger partial charge in [0, 0.05) is 5.38 Å². The van der Waals surface area contributed by atoms with Crippen LogP contribution < -0.4 is 0 Å². The van der Waals surface area contributed by atoms with Gasteiger partial charge in [-0.2, -0.15) is 0 Å². The second-order valence-electron chi connectivity index (χ2n) is 3.34. The molecule has 0 unspecified atom stereocenters. The molecule has 0 spiro atoms. The number of rotatable bonds is 1. The molecule has 0 aliphatic heterocycles. The van der Waals surface area contributed by atoms with Crippen molar-refractivity contribution >= 4 is 11.3 Å². The van der Waals surface area contributed by atoms with Crippen LogP contribution in [0.2, 0.25) is 0 Å². The highest BCUT2D eigenvalue weighted by Crippen LogP contribution is 2.29. The Hall–Kier alpha value is -1.15. The van der Waals surface area contributed by atoms with Crippen molar-refractivity contribution < 1.29 is 4.39 Å². The summed E-state index contributed by atoms with van der Waals surface area (Å²) in [6.07, 6.45) is 0. The van der Waals surface area contributed by atoms with Crippen LogP contribution in [0, 0.1) is 25.0 Å². The first-order chi connectivity index (χ1) is 6.68. The number of hydrogen-bond donors (Lipinski definition) is 0. The summed E-state index contributed by atoms with van der Waals surface area (Å²) in [6, 6.07) is 4.89. The van der Waals surface area contributed by atoms with Gasteiger partial charge in [0.05, 0.1) is 0 Å². The zero-order valence-corrected chi connectivity index (χ0v) is 8.91. The Morgan fingerprint density at radius 2 is 2.00 bits per heavy atom. The molecule has 2 aromatic rings. The third-order valence-electron chi connectivity index (χ3n) is 2.27. The van der Waals surface area contributed by atoms with E-state index in [0.29, 0.717) is 0 Å². The summed E-state index contributed by atoms with van der Waals surface area (Å²) >= 11 is 1.56. The molecule has 0 saturated heterocycles. The van der Waals surface area contributed by atoms with E-state index in [-0.39, 0.29) is 5.82 Å². The molecule has 0 fully saturated rings. The highest BCUT2D eigenvalue weighted by atomic mass is 32.1. The minimum Gasteiger partial charge on any atom is -0.207 e. The summed E-state index contributed by atoms with van der Waals surface area (Å²) in [5.41, 5.74) is 4.36. The molecular formula is C12H10FS. The molecule has 0 bridgehead atoms. The number of halogens is 1. The standard InChI is InChI=1S/C12H10FS/c1-8-5-10(13)3-4-11(8)12-7-14-6-9(12)2/h3-5,7H,1-2H3. The fourth-order valence-corrected chi connectivity index (χ4v) is 2.28. The number of benzene rings is 1. The van der Waals surface area contributed by atoms with Crippen molar-refractivity contribution in [2.75, 3.05) is 0 Å². The predicted molar refractivity (Wildman–Crippen MR) is 58.0 cm³/mol. The van der Waals surface area contributed by atoms with E-state index in [9.17, 15) is 4.39 Å². The van der Waals surface area contributed by atoms with E-state index < -0.39 is 0 Å². The average molecular weight is 205 g/mol. The van der Waals surface area contributed by atoms with E-state index in [1.807, 2.05) is 19.9 Å². The first-order valence-electron chi connectivity index (χ1n) is 4.41. The molecule has 0 aliphatic carbocycles. The van der Waals surface area contributed by atoms with Crippen molar-refractivity contribution in [1.29, 1.82) is 0 Å². The van der Waals surface area contributed by atoms with Crippen molar-refractivity contribution in [1.82, 2.24) is 0 Å². The third-order valence-corrected chi connectivity index (χ3v) is 3.05. The molecule has 71 valence electrons. The van der Waals surface area contributed by atoms with E-state index in [4.69, 9.17) is 0 Å². The SMILES string of the molecule is Cc1[c]scc1-c1ccc(F)cc1C. The zero-order valence-electron chi connectivity index (χ0n) is 8.10. The lowest BCUT2D eigenvalue weighted by molar-refractivity contribution is 0.627. The van der Waals surface area contributed by atoms with Gasteiger partial charge < -0.3 is 0 Å². The summed E-state index contributed by atoms with van der Waals surface area (Å²) in [6.45, 7) is 3.95. The lowest BCUT2D eigenvalue weighted by Gasteiger charge is -2.04. The van der Waals surface area contributed by atoms with Gasteiger partial charge in [-0.1, -0.05) is 6.07 Å². The van der Waals surface area contributed by atoms with Gasteiger partial charge in [-0.05, 0) is 53.6 Å². The van der Waals surface area contributed by atoms with Gasteiger partial charge in [0.25, 0.3) is 0 Å². The van der Waals surface area contributed by atoms with Crippen molar-refractivity contribution in [2.24, 2.45) is 0 Å². The second-order valence-corrected chi connectivity index (χ2v) is 4.01. The molecule has 1 radical (unpaired) electrons. The molecule has 14 heavy (non-hydrogen) atoms. The fraction of sp³-hybridized carbons (Fsp3) is 0.167. The third kappa shape index (κ3) is 1.58. The lowest BCUT2D eigenvalue weighted by Crippen LogP contribution is -1.84. The average Bonchev–Trinajstić information content (AvgIpc) is 2.52. The highest BCUT2D eigenvalue weighted by molar-refractivity contribution is 7.07. The van der Waals surface area contributed by atoms with Gasteiger partial charge in [-0.15, -0.1) is 11.3 Å². The van der Waals surface area contributed by atoms with Crippen LogP contribution in [0.5, 0.6) is 0 Å². The molecule has 2 heteroatoms. The van der Waals surface area contributed by atoms with Gasteiger partial charge in [-0.25, -0.2) is 4.39 Å². The van der Waals surface area contributed by atoms with Crippen LogP contribution in [-0.4, -0.2) is 0 Å². The van der Waals surface area contributed by atoms with E-state index in [2.05, 4.69) is 10.8 Å². The smallest absolute Gasteiger partial charge is 0.123 e. The van der Waals surface area contributed by atoms with E-state index in [1.165, 1.54) is 6.07 Å². The summed E-state index contributed by atoms with van der Waals surface area (Å²) in [7, 11) is 0. The Kier molecular flexibility index (Phi) is 2.38. The minimum atomic E-state index is -0.178. The molecule has 0 saturated carbocycles. The van der Waals surface area contributed by atoms with Crippen molar-refractivity contribution in [2.45, 2.75) is 13.8 Å². The maximum atomic E-state index is 12.9. The summed E-state index contributed by atoms with van der Waals surface area (Å²) in [5.74, 6) is -0.178. The first-order valence-corrected chi connectivity index (χ1v) is 5.29. The number of hydrogen-bond acceptors (Lipinski definition) is 1. The molecule has 1 aromatic carbocycles. The van der Waals surface area contributed by atoms with Gasteiger partial charge in [-0.3, -0.25) is 0 Å². The normalized spacial score (nSPS) is 10.5. The Morgan fingerprint density at radius 3 is 2.57 bits per heavy atom. The first kappa shape index (κ1) is 9.41. The Bertz CT molecular complexity index is 457. The molecule has 0 nitrogen and oxygen atoms in total. The number of aryl methyl sites for hydroxylation is 2. The molecule has 2 rings (SSSR count). The largest absolute Gasteiger partial charge is 0.207 e. The van der Waals surface area contributed by atoms with Crippen molar-refractivity contribution in [3.05, 3.63) is 45.9 Å². The molecule has 0 atom stereocenters. The van der Waals surface area contributed by atoms with Gasteiger partial charge in [0.15, 0.2) is 0 Å². The molecule has 0 aliphatic rings. The maximum absolute atomic E-state index is 12.9. The predicted octanol–water partition coefficient (Wildman–Crippen LogP) is 3.97. The number of thiophene rings is 1. The highest BCUT2D eigenvalue weighted by Gasteiger charge is 2.06. The second kappa shape index (κ2) is 3.54. The lowest BCUT2D eigenvalue weighted by atomic mass is 10.0. The topological polar surface area (TPSA) is 0 Å². The van der Waals surface area contributed by atoms with Crippen LogP contribution in [0.25, 0.3) is 11.1 Å². The molecule has 1 aromatic heterocycles.